The number of nitrogens with one attached hydrogen (secondary N) is 2. The van der Waals surface area contributed by atoms with Gasteiger partial charge in [-0.15, -0.1) is 0 Å². The molecule has 0 bridgehead atoms. The van der Waals surface area contributed by atoms with Crippen molar-refractivity contribution in [2.45, 2.75) is 39.9 Å². The molecule has 2 N–H and O–H groups in total. The van der Waals surface area contributed by atoms with E-state index < -0.39 is 6.09 Å². The van der Waals surface area contributed by atoms with E-state index in [1.165, 1.54) is 0 Å². The van der Waals surface area contributed by atoms with Crippen molar-refractivity contribution >= 4 is 23.6 Å². The second-order valence-corrected chi connectivity index (χ2v) is 9.70. The van der Waals surface area contributed by atoms with E-state index in [1.54, 1.807) is 25.4 Å². The SMILES string of the molecule is CCOC(=O)NC1=NCc2cc(-c3ccc(CN4CCN(C(C)C)C(=O)C4)nc3)cc(-c3ncccn3)c2N1. The van der Waals surface area contributed by atoms with Crippen LogP contribution in [0.15, 0.2) is 53.9 Å². The maximum atomic E-state index is 12.5. The summed E-state index contributed by atoms with van der Waals surface area (Å²) < 4.78 is 4.98. The average molecular weight is 529 g/mol. The second kappa shape index (κ2) is 11.6. The van der Waals surface area contributed by atoms with Crippen LogP contribution in [-0.4, -0.2) is 75.0 Å². The molecule has 0 atom stereocenters. The van der Waals surface area contributed by atoms with Gasteiger partial charge in [0.1, 0.15) is 0 Å². The third-order valence-corrected chi connectivity index (χ3v) is 6.68. The molecule has 2 aliphatic heterocycles. The Kier molecular flexibility index (Phi) is 7.78. The lowest BCUT2D eigenvalue weighted by Gasteiger charge is -2.36. The largest absolute Gasteiger partial charge is 0.450 e. The summed E-state index contributed by atoms with van der Waals surface area (Å²) in [6.07, 6.45) is 4.67. The van der Waals surface area contributed by atoms with Crippen molar-refractivity contribution in [2.24, 2.45) is 4.99 Å². The molecule has 0 spiro atoms. The number of amides is 2. The molecular formula is C28H32N8O3. The number of aromatic nitrogens is 3. The number of carbonyl (C=O) groups is 2. The minimum atomic E-state index is -0.571. The predicted octanol–water partition coefficient (Wildman–Crippen LogP) is 3.29. The van der Waals surface area contributed by atoms with E-state index in [9.17, 15) is 9.59 Å². The third kappa shape index (κ3) is 6.04. The Bertz CT molecular complexity index is 1380. The van der Waals surface area contributed by atoms with Gasteiger partial charge < -0.3 is 15.0 Å². The third-order valence-electron chi connectivity index (χ3n) is 6.68. The molecule has 39 heavy (non-hydrogen) atoms. The van der Waals surface area contributed by atoms with Crippen molar-refractivity contribution in [3.63, 3.8) is 0 Å². The molecule has 0 saturated carbocycles. The van der Waals surface area contributed by atoms with Gasteiger partial charge in [-0.1, -0.05) is 6.07 Å². The van der Waals surface area contributed by atoms with Crippen LogP contribution < -0.4 is 10.6 Å². The molecule has 3 aromatic rings. The number of guanidine groups is 1. The molecule has 1 fully saturated rings. The van der Waals surface area contributed by atoms with E-state index in [1.807, 2.05) is 43.1 Å². The molecule has 1 aromatic carbocycles. The van der Waals surface area contributed by atoms with Gasteiger partial charge in [0, 0.05) is 55.4 Å². The zero-order valence-electron chi connectivity index (χ0n) is 22.3. The number of ether oxygens (including phenoxy) is 1. The number of hydrogen-bond acceptors (Lipinski definition) is 9. The molecule has 0 radical (unpaired) electrons. The zero-order valence-corrected chi connectivity index (χ0v) is 22.3. The molecule has 202 valence electrons. The molecule has 2 amide bonds. The molecule has 2 aromatic heterocycles. The average Bonchev–Trinajstić information content (AvgIpc) is 2.93. The van der Waals surface area contributed by atoms with Gasteiger partial charge in [0.05, 0.1) is 31.1 Å². The molecule has 11 heteroatoms. The summed E-state index contributed by atoms with van der Waals surface area (Å²) in [4.78, 5) is 46.5. The molecule has 5 rings (SSSR count). The Morgan fingerprint density at radius 1 is 1.13 bits per heavy atom. The van der Waals surface area contributed by atoms with E-state index >= 15 is 0 Å². The number of hydrogen-bond donors (Lipinski definition) is 2. The molecule has 0 unspecified atom stereocenters. The lowest BCUT2D eigenvalue weighted by molar-refractivity contribution is -0.138. The van der Waals surface area contributed by atoms with Crippen LogP contribution in [-0.2, 0) is 22.6 Å². The summed E-state index contributed by atoms with van der Waals surface area (Å²) in [5.74, 6) is 1.02. The second-order valence-electron chi connectivity index (χ2n) is 9.70. The van der Waals surface area contributed by atoms with Gasteiger partial charge in [0.25, 0.3) is 0 Å². The highest BCUT2D eigenvalue weighted by atomic mass is 16.5. The van der Waals surface area contributed by atoms with Crippen molar-refractivity contribution < 1.29 is 14.3 Å². The standard InChI is InChI=1S/C28H32N8O3/c1-4-39-28(38)34-27-32-15-21-12-20(13-23(25(21)33-27)26-29-8-5-9-30-26)19-6-7-22(31-14-19)16-35-10-11-36(18(2)3)24(37)17-35/h5-9,12-14,18H,4,10-11,15-17H2,1-3H3,(H2,32,33,34,38). The quantitative estimate of drug-likeness (QED) is 0.499. The van der Waals surface area contributed by atoms with Crippen LogP contribution in [0, 0.1) is 0 Å². The Morgan fingerprint density at radius 2 is 1.95 bits per heavy atom. The Balaban J connectivity index is 1.37. The first kappa shape index (κ1) is 26.2. The van der Waals surface area contributed by atoms with Crippen LogP contribution in [0.25, 0.3) is 22.5 Å². The zero-order chi connectivity index (χ0) is 27.4. The number of anilines is 1. The lowest BCUT2D eigenvalue weighted by Crippen LogP contribution is -2.52. The van der Waals surface area contributed by atoms with Crippen LogP contribution in [0.1, 0.15) is 32.0 Å². The van der Waals surface area contributed by atoms with E-state index in [4.69, 9.17) is 9.72 Å². The highest BCUT2D eigenvalue weighted by Crippen LogP contribution is 2.36. The fraction of sp³-hybridized carbons (Fsp3) is 0.357. The maximum Gasteiger partial charge on any atom is 0.413 e. The first-order chi connectivity index (χ1) is 18.9. The van der Waals surface area contributed by atoms with E-state index in [2.05, 4.69) is 36.6 Å². The monoisotopic (exact) mass is 528 g/mol. The first-order valence-electron chi connectivity index (χ1n) is 13.1. The molecule has 11 nitrogen and oxygen atoms in total. The van der Waals surface area contributed by atoms with Gasteiger partial charge in [-0.25, -0.2) is 19.8 Å². The molecule has 2 aliphatic rings. The van der Waals surface area contributed by atoms with Crippen LogP contribution in [0.5, 0.6) is 0 Å². The van der Waals surface area contributed by atoms with Crippen molar-refractivity contribution in [3.8, 4) is 22.5 Å². The molecule has 1 saturated heterocycles. The highest BCUT2D eigenvalue weighted by Gasteiger charge is 2.26. The topological polar surface area (TPSA) is 125 Å². The number of rotatable bonds is 6. The van der Waals surface area contributed by atoms with Crippen LogP contribution in [0.4, 0.5) is 10.5 Å². The summed E-state index contributed by atoms with van der Waals surface area (Å²) in [6.45, 7) is 9.07. The van der Waals surface area contributed by atoms with Gasteiger partial charge >= 0.3 is 6.09 Å². The van der Waals surface area contributed by atoms with Gasteiger partial charge in [-0.05, 0) is 56.2 Å². The lowest BCUT2D eigenvalue weighted by atomic mass is 9.97. The number of piperazine rings is 1. The fourth-order valence-electron chi connectivity index (χ4n) is 4.75. The van der Waals surface area contributed by atoms with Gasteiger partial charge in [-0.3, -0.25) is 20.0 Å². The predicted molar refractivity (Wildman–Crippen MR) is 148 cm³/mol. The van der Waals surface area contributed by atoms with Crippen molar-refractivity contribution in [2.75, 3.05) is 31.6 Å². The number of alkyl carbamates (subject to hydrolysis) is 1. The summed E-state index contributed by atoms with van der Waals surface area (Å²) in [5.41, 5.74) is 5.31. The van der Waals surface area contributed by atoms with E-state index in [-0.39, 0.29) is 18.6 Å². The summed E-state index contributed by atoms with van der Waals surface area (Å²) in [6, 6.07) is 10.1. The minimum absolute atomic E-state index is 0.162. The maximum absolute atomic E-state index is 12.5. The molecule has 0 aliphatic carbocycles. The molecular weight excluding hydrogens is 496 g/mol. The minimum Gasteiger partial charge on any atom is -0.450 e. The summed E-state index contributed by atoms with van der Waals surface area (Å²) in [7, 11) is 0. The number of benzene rings is 1. The normalized spacial score (nSPS) is 15.4. The van der Waals surface area contributed by atoms with Crippen molar-refractivity contribution in [1.29, 1.82) is 0 Å². The van der Waals surface area contributed by atoms with E-state index in [0.717, 1.165) is 46.7 Å². The van der Waals surface area contributed by atoms with E-state index in [0.29, 0.717) is 31.4 Å². The van der Waals surface area contributed by atoms with Crippen molar-refractivity contribution in [1.82, 2.24) is 30.1 Å². The number of fused-ring (bicyclic) bond motifs is 1. The number of carbonyl (C=O) groups excluding carboxylic acids is 2. The number of pyridine rings is 1. The number of nitrogens with zero attached hydrogens (tertiary/aromatic N) is 6. The van der Waals surface area contributed by atoms with Gasteiger partial charge in [-0.2, -0.15) is 0 Å². The molecule has 4 heterocycles. The van der Waals surface area contributed by atoms with Crippen LogP contribution >= 0.6 is 0 Å². The Hall–Kier alpha value is -4.38. The Morgan fingerprint density at radius 3 is 2.64 bits per heavy atom. The van der Waals surface area contributed by atoms with Crippen molar-refractivity contribution in [3.05, 3.63) is 60.2 Å². The van der Waals surface area contributed by atoms with Crippen LogP contribution in [0.3, 0.4) is 0 Å². The fourth-order valence-corrected chi connectivity index (χ4v) is 4.75. The highest BCUT2D eigenvalue weighted by molar-refractivity contribution is 6.06. The first-order valence-corrected chi connectivity index (χ1v) is 13.1. The van der Waals surface area contributed by atoms with Crippen LogP contribution in [0.2, 0.25) is 0 Å². The van der Waals surface area contributed by atoms with Gasteiger partial charge in [0.2, 0.25) is 11.9 Å². The smallest absolute Gasteiger partial charge is 0.413 e. The number of aliphatic imine (C=N–C) groups is 1. The Labute approximate surface area is 227 Å². The summed E-state index contributed by atoms with van der Waals surface area (Å²) in [5, 5.41) is 5.84. The van der Waals surface area contributed by atoms with Gasteiger partial charge in [0.15, 0.2) is 5.82 Å². The summed E-state index contributed by atoms with van der Waals surface area (Å²) >= 11 is 0.